The van der Waals surface area contributed by atoms with Gasteiger partial charge in [-0.1, -0.05) is 158 Å². The standard InChI is InChI=1S/C46H30N2/c47-31-32-10-9-15-39(28-32)34-18-20-35(21-19-34)41-26-27-42(44-17-8-7-16-43(41)44)36-22-24-38(25-23-36)46-30-40(33-11-3-1-4-12-33)29-45(48-46)37-13-5-2-6-14-37/h1-30H. The Bertz CT molecular complexity index is 2360. The van der Waals surface area contributed by atoms with Crippen LogP contribution in [0.25, 0.3) is 77.8 Å². The van der Waals surface area contributed by atoms with Crippen molar-refractivity contribution in [3.8, 4) is 73.1 Å². The summed E-state index contributed by atoms with van der Waals surface area (Å²) in [7, 11) is 0. The lowest BCUT2D eigenvalue weighted by molar-refractivity contribution is 1.32. The zero-order valence-corrected chi connectivity index (χ0v) is 26.2. The Morgan fingerprint density at radius 1 is 0.333 bits per heavy atom. The van der Waals surface area contributed by atoms with E-state index in [9.17, 15) is 5.26 Å². The van der Waals surface area contributed by atoms with Gasteiger partial charge in [-0.3, -0.25) is 0 Å². The van der Waals surface area contributed by atoms with Crippen LogP contribution in [0.2, 0.25) is 0 Å². The maximum Gasteiger partial charge on any atom is 0.0991 e. The molecule has 0 unspecified atom stereocenters. The number of aromatic nitrogens is 1. The van der Waals surface area contributed by atoms with Crippen LogP contribution in [0.15, 0.2) is 182 Å². The number of nitrogens with zero attached hydrogens (tertiary/aromatic N) is 2. The largest absolute Gasteiger partial charge is 0.248 e. The molecule has 8 aromatic rings. The van der Waals surface area contributed by atoms with Crippen molar-refractivity contribution in [3.63, 3.8) is 0 Å². The Hall–Kier alpha value is -6.56. The number of rotatable bonds is 6. The van der Waals surface area contributed by atoms with E-state index in [-0.39, 0.29) is 0 Å². The Morgan fingerprint density at radius 3 is 1.33 bits per heavy atom. The Kier molecular flexibility index (Phi) is 7.63. The summed E-state index contributed by atoms with van der Waals surface area (Å²) in [5.41, 5.74) is 13.9. The van der Waals surface area contributed by atoms with Crippen LogP contribution >= 0.6 is 0 Å². The molecule has 0 radical (unpaired) electrons. The van der Waals surface area contributed by atoms with Crippen molar-refractivity contribution in [1.82, 2.24) is 4.98 Å². The van der Waals surface area contributed by atoms with Crippen LogP contribution in [0, 0.1) is 11.3 Å². The second kappa shape index (κ2) is 12.7. The lowest BCUT2D eigenvalue weighted by Gasteiger charge is -2.14. The third-order valence-corrected chi connectivity index (χ3v) is 8.94. The van der Waals surface area contributed by atoms with E-state index in [2.05, 4.69) is 152 Å². The van der Waals surface area contributed by atoms with Crippen molar-refractivity contribution < 1.29 is 0 Å². The first-order valence-electron chi connectivity index (χ1n) is 16.1. The second-order valence-electron chi connectivity index (χ2n) is 11.9. The summed E-state index contributed by atoms with van der Waals surface area (Å²) in [6.07, 6.45) is 0. The van der Waals surface area contributed by atoms with E-state index in [1.54, 1.807) is 0 Å². The molecule has 0 aliphatic carbocycles. The van der Waals surface area contributed by atoms with Gasteiger partial charge in [0.2, 0.25) is 0 Å². The summed E-state index contributed by atoms with van der Waals surface area (Å²) in [6, 6.07) is 65.7. The summed E-state index contributed by atoms with van der Waals surface area (Å²) in [5.74, 6) is 0. The summed E-state index contributed by atoms with van der Waals surface area (Å²) in [4.78, 5) is 5.12. The highest BCUT2D eigenvalue weighted by Crippen LogP contribution is 2.37. The Labute approximate surface area is 280 Å². The molecule has 8 rings (SSSR count). The highest BCUT2D eigenvalue weighted by atomic mass is 14.7. The first-order valence-corrected chi connectivity index (χ1v) is 16.1. The van der Waals surface area contributed by atoms with Gasteiger partial charge in [0.15, 0.2) is 0 Å². The molecule has 2 nitrogen and oxygen atoms in total. The fourth-order valence-electron chi connectivity index (χ4n) is 6.47. The highest BCUT2D eigenvalue weighted by molar-refractivity contribution is 6.05. The minimum absolute atomic E-state index is 0.667. The number of pyridine rings is 1. The number of fused-ring (bicyclic) bond motifs is 1. The maximum atomic E-state index is 9.32. The first-order chi connectivity index (χ1) is 23.7. The van der Waals surface area contributed by atoms with E-state index in [4.69, 9.17) is 4.98 Å². The van der Waals surface area contributed by atoms with E-state index in [0.29, 0.717) is 5.56 Å². The molecule has 2 heteroatoms. The van der Waals surface area contributed by atoms with Gasteiger partial charge < -0.3 is 0 Å². The normalized spacial score (nSPS) is 10.9. The fraction of sp³-hybridized carbons (Fsp3) is 0. The van der Waals surface area contributed by atoms with E-state index in [0.717, 1.165) is 50.3 Å². The van der Waals surface area contributed by atoms with E-state index in [1.807, 2.05) is 36.4 Å². The van der Waals surface area contributed by atoms with Gasteiger partial charge in [-0.25, -0.2) is 4.98 Å². The van der Waals surface area contributed by atoms with Crippen LogP contribution in [0.1, 0.15) is 5.56 Å². The SMILES string of the molecule is N#Cc1cccc(-c2ccc(-c3ccc(-c4ccc(-c5cc(-c6ccccc6)cc(-c6ccccc6)n5)cc4)c4ccccc34)cc2)c1. The molecule has 0 fully saturated rings. The van der Waals surface area contributed by atoms with Crippen molar-refractivity contribution in [2.75, 3.05) is 0 Å². The zero-order valence-electron chi connectivity index (χ0n) is 26.2. The van der Waals surface area contributed by atoms with Crippen LogP contribution in [0.4, 0.5) is 0 Å². The minimum atomic E-state index is 0.667. The summed E-state index contributed by atoms with van der Waals surface area (Å²) < 4.78 is 0. The van der Waals surface area contributed by atoms with Crippen LogP contribution in [0.3, 0.4) is 0 Å². The third kappa shape index (κ3) is 5.66. The summed E-state index contributed by atoms with van der Waals surface area (Å²) >= 11 is 0. The molecule has 1 aromatic heterocycles. The van der Waals surface area contributed by atoms with Crippen LogP contribution in [0.5, 0.6) is 0 Å². The number of benzene rings is 7. The molecule has 0 aliphatic rings. The van der Waals surface area contributed by atoms with Crippen LogP contribution in [-0.2, 0) is 0 Å². The third-order valence-electron chi connectivity index (χ3n) is 8.94. The van der Waals surface area contributed by atoms with Gasteiger partial charge in [-0.05, 0) is 79.5 Å². The monoisotopic (exact) mass is 610 g/mol. The van der Waals surface area contributed by atoms with Gasteiger partial charge in [-0.2, -0.15) is 5.26 Å². The number of nitriles is 1. The zero-order chi connectivity index (χ0) is 32.3. The van der Waals surface area contributed by atoms with Crippen molar-refractivity contribution in [2.24, 2.45) is 0 Å². The van der Waals surface area contributed by atoms with Gasteiger partial charge >= 0.3 is 0 Å². The van der Waals surface area contributed by atoms with Gasteiger partial charge in [-0.15, -0.1) is 0 Å². The van der Waals surface area contributed by atoms with E-state index in [1.165, 1.54) is 27.5 Å². The molecule has 224 valence electrons. The molecule has 0 spiro atoms. The maximum absolute atomic E-state index is 9.32. The molecule has 0 saturated heterocycles. The Balaban J connectivity index is 1.15. The molecule has 0 amide bonds. The predicted molar refractivity (Wildman–Crippen MR) is 199 cm³/mol. The van der Waals surface area contributed by atoms with Crippen molar-refractivity contribution in [3.05, 3.63) is 188 Å². The quantitative estimate of drug-likeness (QED) is 0.188. The summed E-state index contributed by atoms with van der Waals surface area (Å²) in [5, 5.41) is 11.7. The van der Waals surface area contributed by atoms with Gasteiger partial charge in [0.1, 0.15) is 0 Å². The fourth-order valence-corrected chi connectivity index (χ4v) is 6.47. The van der Waals surface area contributed by atoms with Crippen molar-refractivity contribution in [2.45, 2.75) is 0 Å². The average Bonchev–Trinajstić information content (AvgIpc) is 3.18. The van der Waals surface area contributed by atoms with Crippen molar-refractivity contribution in [1.29, 1.82) is 5.26 Å². The molecule has 0 aliphatic heterocycles. The van der Waals surface area contributed by atoms with E-state index >= 15 is 0 Å². The molecule has 0 N–H and O–H groups in total. The molecular formula is C46H30N2. The molecule has 48 heavy (non-hydrogen) atoms. The molecule has 1 heterocycles. The van der Waals surface area contributed by atoms with Gasteiger partial charge in [0.05, 0.1) is 23.0 Å². The predicted octanol–water partition coefficient (Wildman–Crippen LogP) is 12.1. The average molecular weight is 611 g/mol. The minimum Gasteiger partial charge on any atom is -0.248 e. The topological polar surface area (TPSA) is 36.7 Å². The van der Waals surface area contributed by atoms with Gasteiger partial charge in [0.25, 0.3) is 0 Å². The van der Waals surface area contributed by atoms with Gasteiger partial charge in [0, 0.05) is 11.1 Å². The second-order valence-corrected chi connectivity index (χ2v) is 11.9. The van der Waals surface area contributed by atoms with Crippen molar-refractivity contribution >= 4 is 10.8 Å². The van der Waals surface area contributed by atoms with E-state index < -0.39 is 0 Å². The highest BCUT2D eigenvalue weighted by Gasteiger charge is 2.12. The lowest BCUT2D eigenvalue weighted by atomic mass is 9.91. The molecule has 0 bridgehead atoms. The molecule has 0 atom stereocenters. The van der Waals surface area contributed by atoms with Crippen LogP contribution in [-0.4, -0.2) is 4.98 Å². The van der Waals surface area contributed by atoms with Crippen LogP contribution < -0.4 is 0 Å². The molecule has 0 saturated carbocycles. The summed E-state index contributed by atoms with van der Waals surface area (Å²) in [6.45, 7) is 0. The smallest absolute Gasteiger partial charge is 0.0991 e. The number of hydrogen-bond acceptors (Lipinski definition) is 2. The number of hydrogen-bond donors (Lipinski definition) is 0. The molecular weight excluding hydrogens is 581 g/mol. The Morgan fingerprint density at radius 2 is 0.771 bits per heavy atom. The first kappa shape index (κ1) is 28.9. The lowest BCUT2D eigenvalue weighted by Crippen LogP contribution is -1.91. The molecule has 7 aromatic carbocycles.